The Kier molecular flexibility index (Phi) is 4.10. The van der Waals surface area contributed by atoms with E-state index in [1.54, 1.807) is 0 Å². The summed E-state index contributed by atoms with van der Waals surface area (Å²) in [6.45, 7) is 5.05. The number of rotatable bonds is 4. The van der Waals surface area contributed by atoms with E-state index in [1.165, 1.54) is 5.56 Å². The van der Waals surface area contributed by atoms with Crippen molar-refractivity contribution in [3.8, 4) is 5.75 Å². The predicted molar refractivity (Wildman–Crippen MR) is 72.4 cm³/mol. The molecule has 1 heterocycles. The highest BCUT2D eigenvalue weighted by Crippen LogP contribution is 2.38. The lowest BCUT2D eigenvalue weighted by Gasteiger charge is -2.18. The molecule has 0 bridgehead atoms. The quantitative estimate of drug-likeness (QED) is 0.915. The van der Waals surface area contributed by atoms with Gasteiger partial charge in [0.05, 0.1) is 12.7 Å². The van der Waals surface area contributed by atoms with Crippen LogP contribution < -0.4 is 4.74 Å². The van der Waals surface area contributed by atoms with Gasteiger partial charge in [0.25, 0.3) is 0 Å². The monoisotopic (exact) mass is 298 g/mol. The van der Waals surface area contributed by atoms with Crippen LogP contribution in [0.25, 0.3) is 0 Å². The van der Waals surface area contributed by atoms with E-state index in [9.17, 15) is 5.11 Å². The van der Waals surface area contributed by atoms with Gasteiger partial charge in [0.1, 0.15) is 5.75 Å². The molecule has 0 fully saturated rings. The van der Waals surface area contributed by atoms with Gasteiger partial charge in [0, 0.05) is 16.5 Å². The third kappa shape index (κ3) is 2.83. The largest absolute Gasteiger partial charge is 0.493 e. The molecule has 2 rings (SSSR count). The van der Waals surface area contributed by atoms with Crippen LogP contribution in [0.4, 0.5) is 0 Å². The summed E-state index contributed by atoms with van der Waals surface area (Å²) in [4.78, 5) is 0. The standard InChI is InChI=1S/C14H19BrO2/c1-3-9(2)6-13(16)12-8-11(15)7-10-4-5-17-14(10)12/h7-9,13,16H,3-6H2,1-2H3. The van der Waals surface area contributed by atoms with Gasteiger partial charge < -0.3 is 9.84 Å². The second-order valence-electron chi connectivity index (χ2n) is 4.85. The van der Waals surface area contributed by atoms with Crippen molar-refractivity contribution in [3.05, 3.63) is 27.7 Å². The molecule has 2 atom stereocenters. The SMILES string of the molecule is CCC(C)CC(O)c1cc(Br)cc2c1OCC2. The average Bonchev–Trinajstić information content (AvgIpc) is 2.75. The highest BCUT2D eigenvalue weighted by atomic mass is 79.9. The number of halogens is 1. The smallest absolute Gasteiger partial charge is 0.128 e. The van der Waals surface area contributed by atoms with Crippen molar-refractivity contribution in [2.45, 2.75) is 39.2 Å². The maximum absolute atomic E-state index is 10.3. The summed E-state index contributed by atoms with van der Waals surface area (Å²) in [7, 11) is 0. The van der Waals surface area contributed by atoms with Gasteiger partial charge in [-0.05, 0) is 30.0 Å². The van der Waals surface area contributed by atoms with Crippen LogP contribution >= 0.6 is 15.9 Å². The van der Waals surface area contributed by atoms with E-state index in [1.807, 2.05) is 6.07 Å². The van der Waals surface area contributed by atoms with Gasteiger partial charge in [-0.3, -0.25) is 0 Å². The number of aliphatic hydroxyl groups excluding tert-OH is 1. The molecule has 94 valence electrons. The first-order valence-corrected chi connectivity index (χ1v) is 7.04. The Hall–Kier alpha value is -0.540. The summed E-state index contributed by atoms with van der Waals surface area (Å²) in [5, 5.41) is 10.3. The Bertz CT molecular complexity index is 403. The zero-order valence-electron chi connectivity index (χ0n) is 10.4. The van der Waals surface area contributed by atoms with Crippen molar-refractivity contribution >= 4 is 15.9 Å². The molecular weight excluding hydrogens is 280 g/mol. The van der Waals surface area contributed by atoms with E-state index in [2.05, 4.69) is 35.8 Å². The van der Waals surface area contributed by atoms with Crippen LogP contribution in [0.1, 0.15) is 43.9 Å². The summed E-state index contributed by atoms with van der Waals surface area (Å²) >= 11 is 3.50. The Morgan fingerprint density at radius 1 is 1.47 bits per heavy atom. The molecule has 0 aliphatic carbocycles. The fourth-order valence-electron chi connectivity index (χ4n) is 2.22. The molecule has 1 aromatic carbocycles. The molecule has 0 radical (unpaired) electrons. The Balaban J connectivity index is 2.25. The number of hydrogen-bond acceptors (Lipinski definition) is 2. The minimum atomic E-state index is -0.422. The predicted octanol–water partition coefficient (Wildman–Crippen LogP) is 3.85. The topological polar surface area (TPSA) is 29.5 Å². The summed E-state index contributed by atoms with van der Waals surface area (Å²) in [5.74, 6) is 1.44. The van der Waals surface area contributed by atoms with Gasteiger partial charge in [-0.25, -0.2) is 0 Å². The molecule has 1 aromatic rings. The van der Waals surface area contributed by atoms with Crippen molar-refractivity contribution in [1.29, 1.82) is 0 Å². The molecule has 2 unspecified atom stereocenters. The van der Waals surface area contributed by atoms with Crippen LogP contribution in [0, 0.1) is 5.92 Å². The molecule has 17 heavy (non-hydrogen) atoms. The molecule has 0 saturated carbocycles. The third-order valence-electron chi connectivity index (χ3n) is 3.46. The van der Waals surface area contributed by atoms with Crippen molar-refractivity contribution in [2.75, 3.05) is 6.61 Å². The Morgan fingerprint density at radius 2 is 2.24 bits per heavy atom. The number of hydrogen-bond donors (Lipinski definition) is 1. The fourth-order valence-corrected chi connectivity index (χ4v) is 2.74. The Morgan fingerprint density at radius 3 is 2.94 bits per heavy atom. The van der Waals surface area contributed by atoms with E-state index in [0.717, 1.165) is 41.7 Å². The highest BCUT2D eigenvalue weighted by molar-refractivity contribution is 9.10. The van der Waals surface area contributed by atoms with Crippen LogP contribution in [0.5, 0.6) is 5.75 Å². The second-order valence-corrected chi connectivity index (χ2v) is 5.76. The van der Waals surface area contributed by atoms with Crippen molar-refractivity contribution < 1.29 is 9.84 Å². The molecule has 0 spiro atoms. The van der Waals surface area contributed by atoms with E-state index >= 15 is 0 Å². The summed E-state index contributed by atoms with van der Waals surface area (Å²) < 4.78 is 6.67. The summed E-state index contributed by atoms with van der Waals surface area (Å²) in [6, 6.07) is 4.07. The number of aliphatic hydroxyl groups is 1. The first kappa shape index (κ1) is 12.9. The zero-order chi connectivity index (χ0) is 12.4. The number of benzene rings is 1. The highest BCUT2D eigenvalue weighted by Gasteiger charge is 2.22. The maximum atomic E-state index is 10.3. The van der Waals surface area contributed by atoms with Gasteiger partial charge in [0.2, 0.25) is 0 Å². The van der Waals surface area contributed by atoms with Gasteiger partial charge in [-0.2, -0.15) is 0 Å². The molecule has 1 aliphatic heterocycles. The molecule has 0 saturated heterocycles. The third-order valence-corrected chi connectivity index (χ3v) is 3.92. The maximum Gasteiger partial charge on any atom is 0.128 e. The van der Waals surface area contributed by atoms with Crippen LogP contribution in [0.3, 0.4) is 0 Å². The van der Waals surface area contributed by atoms with Crippen molar-refractivity contribution in [1.82, 2.24) is 0 Å². The van der Waals surface area contributed by atoms with Gasteiger partial charge in [0.15, 0.2) is 0 Å². The van der Waals surface area contributed by atoms with Gasteiger partial charge in [-0.1, -0.05) is 36.2 Å². The van der Waals surface area contributed by atoms with Gasteiger partial charge >= 0.3 is 0 Å². The van der Waals surface area contributed by atoms with Gasteiger partial charge in [-0.15, -0.1) is 0 Å². The molecule has 3 heteroatoms. The van der Waals surface area contributed by atoms with E-state index in [4.69, 9.17) is 4.74 Å². The average molecular weight is 299 g/mol. The minimum Gasteiger partial charge on any atom is -0.493 e. The van der Waals surface area contributed by atoms with Crippen LogP contribution in [0.2, 0.25) is 0 Å². The lowest BCUT2D eigenvalue weighted by Crippen LogP contribution is -2.05. The van der Waals surface area contributed by atoms with Crippen LogP contribution in [0.15, 0.2) is 16.6 Å². The summed E-state index contributed by atoms with van der Waals surface area (Å²) in [5.41, 5.74) is 2.14. The molecule has 1 aliphatic rings. The molecule has 2 nitrogen and oxygen atoms in total. The Labute approximate surface area is 111 Å². The van der Waals surface area contributed by atoms with Crippen LogP contribution in [-0.2, 0) is 6.42 Å². The number of fused-ring (bicyclic) bond motifs is 1. The first-order chi connectivity index (χ1) is 8.11. The zero-order valence-corrected chi connectivity index (χ0v) is 12.0. The minimum absolute atomic E-state index is 0.422. The van der Waals surface area contributed by atoms with Crippen molar-refractivity contribution in [2.24, 2.45) is 5.92 Å². The fraction of sp³-hybridized carbons (Fsp3) is 0.571. The normalized spacial score (nSPS) is 17.4. The van der Waals surface area contributed by atoms with Crippen LogP contribution in [-0.4, -0.2) is 11.7 Å². The lowest BCUT2D eigenvalue weighted by molar-refractivity contribution is 0.142. The van der Waals surface area contributed by atoms with Crippen molar-refractivity contribution in [3.63, 3.8) is 0 Å². The second kappa shape index (κ2) is 5.40. The van der Waals surface area contributed by atoms with E-state index < -0.39 is 6.10 Å². The summed E-state index contributed by atoms with van der Waals surface area (Å²) in [6.07, 6.45) is 2.41. The van der Waals surface area contributed by atoms with E-state index in [0.29, 0.717) is 5.92 Å². The van der Waals surface area contributed by atoms with E-state index in [-0.39, 0.29) is 0 Å². The molecule has 0 amide bonds. The molecule has 1 N–H and O–H groups in total. The first-order valence-electron chi connectivity index (χ1n) is 6.25. The number of ether oxygens (including phenoxy) is 1. The molecular formula is C14H19BrO2. The lowest BCUT2D eigenvalue weighted by atomic mass is 9.95. The molecule has 0 aromatic heterocycles.